The second kappa shape index (κ2) is 6.17. The summed E-state index contributed by atoms with van der Waals surface area (Å²) in [6.45, 7) is 7.11. The number of rotatable bonds is 1. The van der Waals surface area contributed by atoms with Gasteiger partial charge in [-0.3, -0.25) is 0 Å². The molecule has 0 aliphatic carbocycles. The van der Waals surface area contributed by atoms with Crippen molar-refractivity contribution in [3.05, 3.63) is 65.2 Å². The SMILES string of the molecule is C[Si](C)(C)c1cc2cc3nc(cc4ccc(cc5nc(cc1[nH]2)C=C5)[nH]4)C=C3. The molecule has 4 nitrogen and oxygen atoms in total. The Morgan fingerprint density at radius 1 is 0.607 bits per heavy atom. The van der Waals surface area contributed by atoms with Gasteiger partial charge in [-0.15, -0.1) is 0 Å². The molecular weight excluding hydrogens is 360 g/mol. The number of hydrogen-bond donors (Lipinski definition) is 2. The highest BCUT2D eigenvalue weighted by molar-refractivity contribution is 6.90. The van der Waals surface area contributed by atoms with Crippen LogP contribution in [0, 0.1) is 0 Å². The van der Waals surface area contributed by atoms with E-state index >= 15 is 0 Å². The molecule has 0 atom stereocenters. The molecule has 0 fully saturated rings. The molecule has 0 amide bonds. The van der Waals surface area contributed by atoms with Crippen molar-refractivity contribution in [3.8, 4) is 0 Å². The Bertz CT molecular complexity index is 1300. The number of fused-ring (bicyclic) bond motifs is 8. The Morgan fingerprint density at radius 2 is 1.11 bits per heavy atom. The van der Waals surface area contributed by atoms with Crippen molar-refractivity contribution in [1.29, 1.82) is 0 Å². The highest BCUT2D eigenvalue weighted by Crippen LogP contribution is 2.18. The topological polar surface area (TPSA) is 57.4 Å². The van der Waals surface area contributed by atoms with Gasteiger partial charge < -0.3 is 9.97 Å². The molecule has 3 aromatic heterocycles. The molecule has 5 heterocycles. The van der Waals surface area contributed by atoms with Crippen LogP contribution in [-0.2, 0) is 0 Å². The van der Waals surface area contributed by atoms with Crippen molar-refractivity contribution >= 4 is 59.6 Å². The predicted molar refractivity (Wildman–Crippen MR) is 122 cm³/mol. The Balaban J connectivity index is 1.87. The molecule has 0 saturated carbocycles. The van der Waals surface area contributed by atoms with E-state index in [-0.39, 0.29) is 0 Å². The van der Waals surface area contributed by atoms with Crippen molar-refractivity contribution in [2.45, 2.75) is 19.6 Å². The average Bonchev–Trinajstić information content (AvgIpc) is 3.38. The number of aromatic amines is 2. The maximum absolute atomic E-state index is 4.77. The average molecular weight is 383 g/mol. The second-order valence-corrected chi connectivity index (χ2v) is 13.4. The molecule has 2 aliphatic heterocycles. The lowest BCUT2D eigenvalue weighted by molar-refractivity contribution is 1.31. The van der Waals surface area contributed by atoms with E-state index in [2.05, 4.69) is 90.3 Å². The predicted octanol–water partition coefficient (Wildman–Crippen LogP) is 5.20. The summed E-state index contributed by atoms with van der Waals surface area (Å²) in [5.74, 6) is 0. The number of aromatic nitrogens is 4. The zero-order chi connectivity index (χ0) is 19.3. The van der Waals surface area contributed by atoms with Gasteiger partial charge in [0.15, 0.2) is 0 Å². The van der Waals surface area contributed by atoms with Crippen LogP contribution in [0.1, 0.15) is 22.8 Å². The first kappa shape index (κ1) is 17.0. The van der Waals surface area contributed by atoms with Crippen LogP contribution in [0.5, 0.6) is 0 Å². The molecule has 5 rings (SSSR count). The first-order valence-corrected chi connectivity index (χ1v) is 13.0. The summed E-state index contributed by atoms with van der Waals surface area (Å²) in [6, 6.07) is 14.8. The zero-order valence-electron chi connectivity index (χ0n) is 16.2. The molecule has 2 aliphatic rings. The first-order valence-electron chi connectivity index (χ1n) is 9.51. The van der Waals surface area contributed by atoms with Crippen molar-refractivity contribution in [2.75, 3.05) is 0 Å². The zero-order valence-corrected chi connectivity index (χ0v) is 17.2. The molecule has 2 N–H and O–H groups in total. The summed E-state index contributed by atoms with van der Waals surface area (Å²) < 4.78 is 0. The minimum atomic E-state index is -1.51. The highest BCUT2D eigenvalue weighted by atomic mass is 28.3. The number of hydrogen-bond acceptors (Lipinski definition) is 2. The maximum Gasteiger partial charge on any atom is 0.0804 e. The van der Waals surface area contributed by atoms with Gasteiger partial charge in [0, 0.05) is 22.1 Å². The summed E-state index contributed by atoms with van der Waals surface area (Å²) >= 11 is 0. The summed E-state index contributed by atoms with van der Waals surface area (Å²) in [4.78, 5) is 16.5. The molecule has 8 bridgehead atoms. The Hall–Kier alpha value is -3.18. The number of nitrogens with zero attached hydrogens (tertiary/aromatic N) is 2. The fourth-order valence-electron chi connectivity index (χ4n) is 3.64. The second-order valence-electron chi connectivity index (χ2n) is 8.34. The monoisotopic (exact) mass is 382 g/mol. The van der Waals surface area contributed by atoms with Crippen LogP contribution >= 0.6 is 0 Å². The molecule has 138 valence electrons. The molecule has 0 radical (unpaired) electrons. The third-order valence-electron chi connectivity index (χ3n) is 4.98. The van der Waals surface area contributed by atoms with Gasteiger partial charge in [-0.2, -0.15) is 0 Å². The third kappa shape index (κ3) is 3.25. The summed E-state index contributed by atoms with van der Waals surface area (Å²) in [5.41, 5.74) is 8.13. The Morgan fingerprint density at radius 3 is 1.64 bits per heavy atom. The quantitative estimate of drug-likeness (QED) is 0.391. The van der Waals surface area contributed by atoms with Gasteiger partial charge in [-0.25, -0.2) is 9.97 Å². The summed E-state index contributed by atoms with van der Waals surface area (Å²) in [5, 5.41) is 1.41. The van der Waals surface area contributed by atoms with Crippen LogP contribution in [-0.4, -0.2) is 28.0 Å². The fourth-order valence-corrected chi connectivity index (χ4v) is 5.17. The van der Waals surface area contributed by atoms with Crippen LogP contribution in [0.2, 0.25) is 19.6 Å². The molecule has 3 aromatic rings. The lowest BCUT2D eigenvalue weighted by atomic mass is 10.3. The van der Waals surface area contributed by atoms with Crippen molar-refractivity contribution in [1.82, 2.24) is 19.9 Å². The van der Waals surface area contributed by atoms with E-state index in [1.165, 1.54) is 5.19 Å². The molecule has 5 heteroatoms. The van der Waals surface area contributed by atoms with Crippen LogP contribution < -0.4 is 5.19 Å². The van der Waals surface area contributed by atoms with Crippen LogP contribution in [0.15, 0.2) is 42.5 Å². The maximum atomic E-state index is 4.77. The smallest absolute Gasteiger partial charge is 0.0804 e. The van der Waals surface area contributed by atoms with E-state index in [9.17, 15) is 0 Å². The largest absolute Gasteiger partial charge is 0.355 e. The minimum absolute atomic E-state index is 0.948. The Labute approximate surface area is 164 Å². The molecular formula is C23H22N4Si. The molecule has 0 aromatic carbocycles. The van der Waals surface area contributed by atoms with Gasteiger partial charge in [-0.1, -0.05) is 19.6 Å². The van der Waals surface area contributed by atoms with E-state index < -0.39 is 8.07 Å². The highest BCUT2D eigenvalue weighted by Gasteiger charge is 2.20. The van der Waals surface area contributed by atoms with Gasteiger partial charge in [0.2, 0.25) is 0 Å². The lowest BCUT2D eigenvalue weighted by Crippen LogP contribution is -2.36. The van der Waals surface area contributed by atoms with E-state index in [1.54, 1.807) is 0 Å². The Kier molecular flexibility index (Phi) is 3.74. The van der Waals surface area contributed by atoms with Gasteiger partial charge in [0.25, 0.3) is 0 Å². The van der Waals surface area contributed by atoms with Crippen LogP contribution in [0.3, 0.4) is 0 Å². The van der Waals surface area contributed by atoms with Crippen LogP contribution in [0.25, 0.3) is 46.4 Å². The number of nitrogens with one attached hydrogen (secondary N) is 2. The molecule has 0 saturated heterocycles. The van der Waals surface area contributed by atoms with E-state index in [4.69, 9.17) is 9.97 Å². The molecule has 28 heavy (non-hydrogen) atoms. The minimum Gasteiger partial charge on any atom is -0.355 e. The number of H-pyrrole nitrogens is 2. The van der Waals surface area contributed by atoms with Crippen molar-refractivity contribution in [3.63, 3.8) is 0 Å². The van der Waals surface area contributed by atoms with Gasteiger partial charge in [0.1, 0.15) is 0 Å². The molecule has 0 unspecified atom stereocenters. The normalized spacial score (nSPS) is 13.2. The van der Waals surface area contributed by atoms with Crippen molar-refractivity contribution < 1.29 is 0 Å². The van der Waals surface area contributed by atoms with E-state index in [1.807, 2.05) is 6.08 Å². The van der Waals surface area contributed by atoms with E-state index in [0.29, 0.717) is 0 Å². The third-order valence-corrected chi connectivity index (χ3v) is 7.01. The standard InChI is InChI=1S/C23H22N4Si/c1-28(2,3)23-14-21-12-19-7-6-17(25-19)10-15-4-5-16(24-15)11-18-8-9-20(26-18)13-22(23)27-21/h4-14,24,27H,1-3H3. The fraction of sp³-hybridized carbons (Fsp3) is 0.130. The van der Waals surface area contributed by atoms with Crippen molar-refractivity contribution in [2.24, 2.45) is 0 Å². The summed E-state index contributed by atoms with van der Waals surface area (Å²) in [7, 11) is -1.51. The van der Waals surface area contributed by atoms with Gasteiger partial charge in [-0.05, 0) is 72.0 Å². The summed E-state index contributed by atoms with van der Waals surface area (Å²) in [6.07, 6.45) is 8.24. The molecule has 0 spiro atoms. The lowest BCUT2D eigenvalue weighted by Gasteiger charge is -2.14. The van der Waals surface area contributed by atoms with Gasteiger partial charge in [0.05, 0.1) is 30.8 Å². The van der Waals surface area contributed by atoms with Gasteiger partial charge >= 0.3 is 0 Å². The van der Waals surface area contributed by atoms with E-state index in [0.717, 1.165) is 44.8 Å². The van der Waals surface area contributed by atoms with Crippen LogP contribution in [0.4, 0.5) is 0 Å². The first-order chi connectivity index (χ1) is 13.4.